The van der Waals surface area contributed by atoms with E-state index in [1.54, 1.807) is 7.11 Å². The standard InChI is InChI=1S/C25H22O5/c1-14-11-17(28-2)7-9-19(14)16-5-3-15(4-6-16)13-29-18-8-10-20-21(12-18)30-24-22(20)23(24)25(26)27/h3-12,22-24H,13H2,1-2H3,(H,26,27). The van der Waals surface area contributed by atoms with Crippen molar-refractivity contribution in [1.82, 2.24) is 0 Å². The molecular formula is C25H22O5. The van der Waals surface area contributed by atoms with Crippen LogP contribution in [0.1, 0.15) is 22.6 Å². The lowest BCUT2D eigenvalue weighted by atomic mass is 9.99. The van der Waals surface area contributed by atoms with Gasteiger partial charge in [0.15, 0.2) is 0 Å². The fraction of sp³-hybridized carbons (Fsp3) is 0.240. The van der Waals surface area contributed by atoms with Crippen molar-refractivity contribution < 1.29 is 24.1 Å². The Kier molecular flexibility index (Phi) is 4.39. The second-order valence-electron chi connectivity index (χ2n) is 7.84. The Balaban J connectivity index is 1.24. The summed E-state index contributed by atoms with van der Waals surface area (Å²) >= 11 is 0. The third-order valence-electron chi connectivity index (χ3n) is 5.95. The van der Waals surface area contributed by atoms with Crippen LogP contribution in [-0.2, 0) is 11.4 Å². The number of fused-ring (bicyclic) bond motifs is 3. The lowest BCUT2D eigenvalue weighted by molar-refractivity contribution is -0.139. The molecule has 5 heteroatoms. The quantitative estimate of drug-likeness (QED) is 0.641. The number of benzene rings is 3. The van der Waals surface area contributed by atoms with E-state index >= 15 is 0 Å². The minimum atomic E-state index is -0.788. The predicted octanol–water partition coefficient (Wildman–Crippen LogP) is 4.81. The number of hydrogen-bond acceptors (Lipinski definition) is 4. The van der Waals surface area contributed by atoms with Gasteiger partial charge in [0, 0.05) is 17.5 Å². The van der Waals surface area contributed by atoms with Gasteiger partial charge in [0.25, 0.3) is 0 Å². The van der Waals surface area contributed by atoms with Crippen LogP contribution < -0.4 is 14.2 Å². The average Bonchev–Trinajstić information content (AvgIpc) is 3.35. The fourth-order valence-corrected chi connectivity index (χ4v) is 4.26. The minimum absolute atomic E-state index is 0.0134. The smallest absolute Gasteiger partial charge is 0.311 e. The summed E-state index contributed by atoms with van der Waals surface area (Å²) in [7, 11) is 1.67. The zero-order chi connectivity index (χ0) is 20.8. The summed E-state index contributed by atoms with van der Waals surface area (Å²) in [6, 6.07) is 20.1. The lowest BCUT2D eigenvalue weighted by Crippen LogP contribution is -2.08. The Labute approximate surface area is 174 Å². The maximum absolute atomic E-state index is 11.2. The van der Waals surface area contributed by atoms with E-state index in [-0.39, 0.29) is 12.0 Å². The molecule has 5 rings (SSSR count). The third-order valence-corrected chi connectivity index (χ3v) is 5.95. The van der Waals surface area contributed by atoms with Crippen LogP contribution in [0.15, 0.2) is 60.7 Å². The third kappa shape index (κ3) is 3.16. The maximum atomic E-state index is 11.2. The number of aryl methyl sites for hydroxylation is 1. The molecule has 0 spiro atoms. The van der Waals surface area contributed by atoms with E-state index < -0.39 is 11.9 Å². The minimum Gasteiger partial charge on any atom is -0.497 e. The molecule has 0 bridgehead atoms. The van der Waals surface area contributed by atoms with Crippen molar-refractivity contribution in [1.29, 1.82) is 0 Å². The van der Waals surface area contributed by atoms with E-state index in [1.807, 2.05) is 30.3 Å². The highest BCUT2D eigenvalue weighted by Crippen LogP contribution is 2.58. The molecule has 0 amide bonds. The molecule has 1 heterocycles. The Hall–Kier alpha value is -3.47. The molecule has 1 fully saturated rings. The molecule has 3 unspecified atom stereocenters. The van der Waals surface area contributed by atoms with Crippen molar-refractivity contribution in [3.8, 4) is 28.4 Å². The molecule has 152 valence electrons. The Bertz CT molecular complexity index is 1120. The first-order chi connectivity index (χ1) is 14.5. The van der Waals surface area contributed by atoms with Crippen molar-refractivity contribution >= 4 is 5.97 Å². The summed E-state index contributed by atoms with van der Waals surface area (Å²) in [4.78, 5) is 11.2. The molecule has 30 heavy (non-hydrogen) atoms. The molecule has 1 N–H and O–H groups in total. The van der Waals surface area contributed by atoms with E-state index in [2.05, 4.69) is 37.3 Å². The highest BCUT2D eigenvalue weighted by Gasteiger charge is 2.63. The van der Waals surface area contributed by atoms with E-state index in [0.29, 0.717) is 6.61 Å². The molecule has 0 radical (unpaired) electrons. The van der Waals surface area contributed by atoms with Gasteiger partial charge in [-0.3, -0.25) is 4.79 Å². The largest absolute Gasteiger partial charge is 0.497 e. The Morgan fingerprint density at radius 2 is 1.80 bits per heavy atom. The summed E-state index contributed by atoms with van der Waals surface area (Å²) in [5.41, 5.74) is 5.54. The molecular weight excluding hydrogens is 380 g/mol. The van der Waals surface area contributed by atoms with Crippen LogP contribution >= 0.6 is 0 Å². The van der Waals surface area contributed by atoms with Gasteiger partial charge in [-0.15, -0.1) is 0 Å². The van der Waals surface area contributed by atoms with Crippen LogP contribution in [-0.4, -0.2) is 24.3 Å². The highest BCUT2D eigenvalue weighted by atomic mass is 16.5. The van der Waals surface area contributed by atoms with Gasteiger partial charge >= 0.3 is 5.97 Å². The molecule has 2 aliphatic rings. The van der Waals surface area contributed by atoms with Crippen molar-refractivity contribution in [2.24, 2.45) is 5.92 Å². The van der Waals surface area contributed by atoms with Crippen molar-refractivity contribution in [3.05, 3.63) is 77.4 Å². The summed E-state index contributed by atoms with van der Waals surface area (Å²) in [5, 5.41) is 9.17. The summed E-state index contributed by atoms with van der Waals surface area (Å²) < 4.78 is 17.0. The lowest BCUT2D eigenvalue weighted by Gasteiger charge is -2.11. The number of methoxy groups -OCH3 is 1. The van der Waals surface area contributed by atoms with Crippen molar-refractivity contribution in [2.75, 3.05) is 7.11 Å². The molecule has 1 aliphatic carbocycles. The summed E-state index contributed by atoms with van der Waals surface area (Å²) in [6.45, 7) is 2.53. The first-order valence-electron chi connectivity index (χ1n) is 9.95. The highest BCUT2D eigenvalue weighted by molar-refractivity contribution is 5.79. The zero-order valence-corrected chi connectivity index (χ0v) is 16.8. The number of carbonyl (C=O) groups is 1. The SMILES string of the molecule is COc1ccc(-c2ccc(COc3ccc4c(c3)OC3C(C(=O)O)C43)cc2)c(C)c1. The summed E-state index contributed by atoms with van der Waals surface area (Å²) in [6.07, 6.45) is -0.221. The van der Waals surface area contributed by atoms with Crippen molar-refractivity contribution in [3.63, 3.8) is 0 Å². The molecule has 3 aromatic rings. The van der Waals surface area contributed by atoms with Crippen LogP contribution in [0.5, 0.6) is 17.2 Å². The first-order valence-corrected chi connectivity index (χ1v) is 9.95. The number of hydrogen-bond donors (Lipinski definition) is 1. The van der Waals surface area contributed by atoms with Gasteiger partial charge in [-0.05, 0) is 47.4 Å². The molecule has 1 saturated carbocycles. The average molecular weight is 402 g/mol. The van der Waals surface area contributed by atoms with Crippen LogP contribution in [0.3, 0.4) is 0 Å². The topological polar surface area (TPSA) is 65.0 Å². The maximum Gasteiger partial charge on any atom is 0.311 e. The number of ether oxygens (including phenoxy) is 3. The predicted molar refractivity (Wildman–Crippen MR) is 112 cm³/mol. The van der Waals surface area contributed by atoms with Gasteiger partial charge < -0.3 is 19.3 Å². The molecule has 0 saturated heterocycles. The van der Waals surface area contributed by atoms with Gasteiger partial charge in [0.2, 0.25) is 0 Å². The summed E-state index contributed by atoms with van der Waals surface area (Å²) in [5.74, 6) is 1.11. The van der Waals surface area contributed by atoms with Crippen LogP contribution in [0, 0.1) is 12.8 Å². The van der Waals surface area contributed by atoms with Gasteiger partial charge in [-0.25, -0.2) is 0 Å². The monoisotopic (exact) mass is 402 g/mol. The Morgan fingerprint density at radius 1 is 1.03 bits per heavy atom. The molecule has 3 atom stereocenters. The number of carboxylic acids is 1. The normalized spacial score (nSPS) is 20.7. The fourth-order valence-electron chi connectivity index (χ4n) is 4.26. The van der Waals surface area contributed by atoms with Gasteiger partial charge in [0.1, 0.15) is 35.9 Å². The number of carboxylic acid groups (broad SMARTS) is 1. The molecule has 5 nitrogen and oxygen atoms in total. The van der Waals surface area contributed by atoms with E-state index in [9.17, 15) is 9.90 Å². The second-order valence-corrected chi connectivity index (χ2v) is 7.84. The molecule has 1 aliphatic heterocycles. The van der Waals surface area contributed by atoms with Gasteiger partial charge in [0.05, 0.1) is 7.11 Å². The molecule has 0 aromatic heterocycles. The van der Waals surface area contributed by atoms with Crippen LogP contribution in [0.2, 0.25) is 0 Å². The number of rotatable bonds is 6. The Morgan fingerprint density at radius 3 is 2.50 bits per heavy atom. The van der Waals surface area contributed by atoms with Crippen molar-refractivity contribution in [2.45, 2.75) is 25.6 Å². The van der Waals surface area contributed by atoms with Crippen LogP contribution in [0.4, 0.5) is 0 Å². The van der Waals surface area contributed by atoms with E-state index in [4.69, 9.17) is 14.2 Å². The van der Waals surface area contributed by atoms with E-state index in [0.717, 1.165) is 33.9 Å². The van der Waals surface area contributed by atoms with Crippen LogP contribution in [0.25, 0.3) is 11.1 Å². The molecule has 3 aromatic carbocycles. The number of aliphatic carboxylic acids is 1. The second kappa shape index (κ2) is 7.10. The first kappa shape index (κ1) is 18.6. The van der Waals surface area contributed by atoms with Gasteiger partial charge in [-0.2, -0.15) is 0 Å². The zero-order valence-electron chi connectivity index (χ0n) is 16.8. The van der Waals surface area contributed by atoms with Gasteiger partial charge in [-0.1, -0.05) is 36.4 Å². The van der Waals surface area contributed by atoms with E-state index in [1.165, 1.54) is 11.1 Å².